The third-order valence-electron chi connectivity index (χ3n) is 3.12. The molecule has 5 nitrogen and oxygen atoms in total. The number of nitrogens with zero attached hydrogens (tertiary/aromatic N) is 5. The number of halogens is 1. The van der Waals surface area contributed by atoms with Gasteiger partial charge in [-0.1, -0.05) is 0 Å². The standard InChI is InChI=1S/C8H13N5.ClH/c1-6-9-11-13(10-6)8-5-12-3-2-7(8)4-12;/h7-8H,2-5H2,1H3;1H. The van der Waals surface area contributed by atoms with E-state index < -0.39 is 0 Å². The summed E-state index contributed by atoms with van der Waals surface area (Å²) in [6, 6.07) is 0.481. The summed E-state index contributed by atoms with van der Waals surface area (Å²) in [5.41, 5.74) is 0. The van der Waals surface area contributed by atoms with Gasteiger partial charge in [0.1, 0.15) is 0 Å². The Labute approximate surface area is 88.9 Å². The molecule has 2 fully saturated rings. The van der Waals surface area contributed by atoms with E-state index in [0.29, 0.717) is 6.04 Å². The van der Waals surface area contributed by atoms with Gasteiger partial charge >= 0.3 is 0 Å². The Hall–Kier alpha value is -0.680. The van der Waals surface area contributed by atoms with Crippen molar-refractivity contribution in [2.45, 2.75) is 19.4 Å². The Bertz CT molecular complexity index is 325. The highest BCUT2D eigenvalue weighted by Crippen LogP contribution is 2.34. The van der Waals surface area contributed by atoms with Gasteiger partial charge in [0, 0.05) is 13.1 Å². The largest absolute Gasteiger partial charge is 0.301 e. The van der Waals surface area contributed by atoms with Crippen LogP contribution in [0.25, 0.3) is 0 Å². The summed E-state index contributed by atoms with van der Waals surface area (Å²) in [7, 11) is 0. The van der Waals surface area contributed by atoms with E-state index >= 15 is 0 Å². The van der Waals surface area contributed by atoms with Crippen molar-refractivity contribution in [3.05, 3.63) is 5.82 Å². The molecule has 1 aromatic rings. The molecule has 0 radical (unpaired) electrons. The molecule has 3 rings (SSSR count). The van der Waals surface area contributed by atoms with Crippen molar-refractivity contribution in [1.82, 2.24) is 25.1 Å². The number of aromatic nitrogens is 4. The molecule has 78 valence electrons. The third kappa shape index (κ3) is 1.40. The van der Waals surface area contributed by atoms with E-state index in [1.54, 1.807) is 4.80 Å². The van der Waals surface area contributed by atoms with E-state index in [9.17, 15) is 0 Å². The molecule has 2 aliphatic heterocycles. The van der Waals surface area contributed by atoms with Gasteiger partial charge in [0.25, 0.3) is 0 Å². The molecule has 0 spiro atoms. The molecule has 2 bridgehead atoms. The molecule has 0 N–H and O–H groups in total. The van der Waals surface area contributed by atoms with Gasteiger partial charge in [-0.25, -0.2) is 0 Å². The Balaban J connectivity index is 0.000000750. The minimum Gasteiger partial charge on any atom is -0.301 e. The number of piperidine rings is 1. The van der Waals surface area contributed by atoms with E-state index in [2.05, 4.69) is 20.3 Å². The molecule has 0 aromatic carbocycles. The van der Waals surface area contributed by atoms with Gasteiger partial charge in [0.2, 0.25) is 0 Å². The molecule has 0 saturated carbocycles. The fourth-order valence-corrected chi connectivity index (χ4v) is 2.46. The van der Waals surface area contributed by atoms with Crippen LogP contribution in [-0.4, -0.2) is 44.7 Å². The zero-order valence-electron chi connectivity index (χ0n) is 8.13. The first-order valence-electron chi connectivity index (χ1n) is 4.81. The highest BCUT2D eigenvalue weighted by molar-refractivity contribution is 5.85. The lowest BCUT2D eigenvalue weighted by atomic mass is 10.0. The normalized spacial score (nSPS) is 34.5. The molecule has 2 aliphatic rings. The van der Waals surface area contributed by atoms with Gasteiger partial charge in [0.05, 0.1) is 6.04 Å². The van der Waals surface area contributed by atoms with E-state index in [0.717, 1.165) is 18.3 Å². The number of rotatable bonds is 1. The molecule has 2 saturated heterocycles. The summed E-state index contributed by atoms with van der Waals surface area (Å²) in [6.45, 7) is 5.48. The van der Waals surface area contributed by atoms with Gasteiger partial charge in [-0.2, -0.15) is 4.80 Å². The van der Waals surface area contributed by atoms with Crippen molar-refractivity contribution in [2.24, 2.45) is 5.92 Å². The Morgan fingerprint density at radius 1 is 1.36 bits per heavy atom. The fraction of sp³-hybridized carbons (Fsp3) is 0.875. The predicted octanol–water partition coefficient (Wildman–Crippen LogP) is 0.280. The number of tetrazole rings is 1. The van der Waals surface area contributed by atoms with Crippen LogP contribution in [0, 0.1) is 12.8 Å². The highest BCUT2D eigenvalue weighted by Gasteiger charge is 2.40. The molecule has 3 unspecified atom stereocenters. The van der Waals surface area contributed by atoms with Crippen LogP contribution in [0.1, 0.15) is 18.3 Å². The number of hydrogen-bond acceptors (Lipinski definition) is 4. The zero-order valence-corrected chi connectivity index (χ0v) is 8.94. The number of fused-ring (bicyclic) bond motifs is 2. The Morgan fingerprint density at radius 2 is 2.21 bits per heavy atom. The molecular formula is C8H14ClN5. The van der Waals surface area contributed by atoms with Crippen LogP contribution in [0.15, 0.2) is 0 Å². The second-order valence-electron chi connectivity index (χ2n) is 4.03. The molecule has 3 atom stereocenters. The van der Waals surface area contributed by atoms with Gasteiger partial charge < -0.3 is 4.90 Å². The van der Waals surface area contributed by atoms with Crippen molar-refractivity contribution in [3.63, 3.8) is 0 Å². The van der Waals surface area contributed by atoms with Gasteiger partial charge in [-0.3, -0.25) is 0 Å². The monoisotopic (exact) mass is 215 g/mol. The molecule has 14 heavy (non-hydrogen) atoms. The molecular weight excluding hydrogens is 202 g/mol. The molecule has 0 aliphatic carbocycles. The molecule has 6 heteroatoms. The van der Waals surface area contributed by atoms with Crippen LogP contribution in [0.5, 0.6) is 0 Å². The van der Waals surface area contributed by atoms with Crippen molar-refractivity contribution >= 4 is 12.4 Å². The summed E-state index contributed by atoms with van der Waals surface area (Å²) in [4.78, 5) is 4.28. The molecule has 1 aromatic heterocycles. The zero-order chi connectivity index (χ0) is 8.84. The van der Waals surface area contributed by atoms with E-state index in [1.165, 1.54) is 19.5 Å². The van der Waals surface area contributed by atoms with Crippen LogP contribution in [0.3, 0.4) is 0 Å². The number of hydrogen-bond donors (Lipinski definition) is 0. The SMILES string of the molecule is Cc1nnn(C2CN3CCC2C3)n1.Cl. The molecule has 0 amide bonds. The van der Waals surface area contributed by atoms with Crippen LogP contribution in [0.4, 0.5) is 0 Å². The number of aryl methyl sites for hydroxylation is 1. The first-order valence-corrected chi connectivity index (χ1v) is 4.81. The first kappa shape index (κ1) is 9.86. The molecule has 3 heterocycles. The smallest absolute Gasteiger partial charge is 0.171 e. The van der Waals surface area contributed by atoms with Crippen LogP contribution in [0.2, 0.25) is 0 Å². The summed E-state index contributed by atoms with van der Waals surface area (Å²) in [6.07, 6.45) is 1.30. The second kappa shape index (κ2) is 3.47. The lowest BCUT2D eigenvalue weighted by Crippen LogP contribution is -2.27. The van der Waals surface area contributed by atoms with Crippen LogP contribution >= 0.6 is 12.4 Å². The minimum atomic E-state index is 0. The lowest BCUT2D eigenvalue weighted by molar-refractivity contribution is 0.263. The average Bonchev–Trinajstić information content (AvgIpc) is 2.77. The summed E-state index contributed by atoms with van der Waals surface area (Å²) < 4.78 is 0. The second-order valence-corrected chi connectivity index (χ2v) is 4.03. The van der Waals surface area contributed by atoms with Crippen LogP contribution in [-0.2, 0) is 0 Å². The third-order valence-corrected chi connectivity index (χ3v) is 3.12. The highest BCUT2D eigenvalue weighted by atomic mass is 35.5. The van der Waals surface area contributed by atoms with Gasteiger partial charge in [0.15, 0.2) is 5.82 Å². The fourth-order valence-electron chi connectivity index (χ4n) is 2.46. The maximum atomic E-state index is 4.28. The Morgan fingerprint density at radius 3 is 2.71 bits per heavy atom. The average molecular weight is 216 g/mol. The summed E-state index contributed by atoms with van der Waals surface area (Å²) >= 11 is 0. The van der Waals surface area contributed by atoms with E-state index in [-0.39, 0.29) is 12.4 Å². The quantitative estimate of drug-likeness (QED) is 0.675. The summed E-state index contributed by atoms with van der Waals surface area (Å²) in [5.74, 6) is 1.53. The maximum Gasteiger partial charge on any atom is 0.171 e. The van der Waals surface area contributed by atoms with E-state index in [1.807, 2.05) is 6.92 Å². The summed E-state index contributed by atoms with van der Waals surface area (Å²) in [5, 5.41) is 12.3. The van der Waals surface area contributed by atoms with Crippen molar-refractivity contribution < 1.29 is 0 Å². The minimum absolute atomic E-state index is 0. The van der Waals surface area contributed by atoms with Crippen LogP contribution < -0.4 is 0 Å². The first-order chi connectivity index (χ1) is 6.33. The lowest BCUT2D eigenvalue weighted by Gasteiger charge is -2.20. The predicted molar refractivity (Wildman–Crippen MR) is 53.4 cm³/mol. The van der Waals surface area contributed by atoms with Crippen molar-refractivity contribution in [1.29, 1.82) is 0 Å². The van der Waals surface area contributed by atoms with Crippen molar-refractivity contribution in [3.8, 4) is 0 Å². The topological polar surface area (TPSA) is 46.8 Å². The maximum absolute atomic E-state index is 4.28. The van der Waals surface area contributed by atoms with E-state index in [4.69, 9.17) is 0 Å². The van der Waals surface area contributed by atoms with Gasteiger partial charge in [-0.05, 0) is 31.0 Å². The Kier molecular flexibility index (Phi) is 2.45. The van der Waals surface area contributed by atoms with Gasteiger partial charge in [-0.15, -0.1) is 22.6 Å². The van der Waals surface area contributed by atoms with Crippen molar-refractivity contribution in [2.75, 3.05) is 19.6 Å².